The first kappa shape index (κ1) is 13.5. The van der Waals surface area contributed by atoms with E-state index in [0.717, 1.165) is 29.4 Å². The molecular formula is C13H15N3O2S. The summed E-state index contributed by atoms with van der Waals surface area (Å²) in [5, 5.41) is 14.8. The molecule has 2 heterocycles. The van der Waals surface area contributed by atoms with Gasteiger partial charge in [0, 0.05) is 11.1 Å². The van der Waals surface area contributed by atoms with Crippen molar-refractivity contribution in [3.63, 3.8) is 0 Å². The van der Waals surface area contributed by atoms with Gasteiger partial charge in [0.25, 0.3) is 0 Å². The molecule has 0 atom stereocenters. The van der Waals surface area contributed by atoms with Crippen LogP contribution in [0.5, 0.6) is 0 Å². The molecule has 0 saturated carbocycles. The van der Waals surface area contributed by atoms with Gasteiger partial charge < -0.3 is 10.4 Å². The van der Waals surface area contributed by atoms with Crippen LogP contribution >= 0.6 is 11.3 Å². The van der Waals surface area contributed by atoms with E-state index in [1.54, 1.807) is 6.07 Å². The molecule has 19 heavy (non-hydrogen) atoms. The van der Waals surface area contributed by atoms with E-state index >= 15 is 0 Å². The maximum absolute atomic E-state index is 11.1. The van der Waals surface area contributed by atoms with Gasteiger partial charge in [0.15, 0.2) is 5.13 Å². The number of hydrogen-bond donors (Lipinski definition) is 2. The van der Waals surface area contributed by atoms with Gasteiger partial charge in [-0.1, -0.05) is 13.3 Å². The zero-order chi connectivity index (χ0) is 13.8. The highest BCUT2D eigenvalue weighted by molar-refractivity contribution is 7.13. The first-order valence-electron chi connectivity index (χ1n) is 6.02. The van der Waals surface area contributed by atoms with Gasteiger partial charge in [0.2, 0.25) is 0 Å². The van der Waals surface area contributed by atoms with Crippen LogP contribution in [0.4, 0.5) is 10.9 Å². The fourth-order valence-corrected chi connectivity index (χ4v) is 2.38. The summed E-state index contributed by atoms with van der Waals surface area (Å²) in [6.07, 6.45) is 1.68. The Morgan fingerprint density at radius 3 is 2.79 bits per heavy atom. The fourth-order valence-electron chi connectivity index (χ4n) is 1.68. The molecule has 2 aromatic heterocycles. The minimum Gasteiger partial charge on any atom is -0.478 e. The van der Waals surface area contributed by atoms with Crippen molar-refractivity contribution in [3.05, 3.63) is 34.5 Å². The van der Waals surface area contributed by atoms with E-state index < -0.39 is 5.97 Å². The predicted octanol–water partition coefficient (Wildman–Crippen LogP) is 3.24. The lowest BCUT2D eigenvalue weighted by Gasteiger charge is -2.06. The van der Waals surface area contributed by atoms with Crippen LogP contribution in [0.25, 0.3) is 0 Å². The van der Waals surface area contributed by atoms with E-state index in [-0.39, 0.29) is 5.56 Å². The third kappa shape index (κ3) is 3.51. The number of thiazole rings is 1. The molecule has 0 spiro atoms. The number of aromatic carboxylic acids is 1. The van der Waals surface area contributed by atoms with E-state index in [9.17, 15) is 4.79 Å². The number of carboxylic acids is 1. The van der Waals surface area contributed by atoms with Gasteiger partial charge in [-0.05, 0) is 25.5 Å². The molecule has 0 aliphatic carbocycles. The summed E-state index contributed by atoms with van der Waals surface area (Å²) in [5.41, 5.74) is 1.95. The van der Waals surface area contributed by atoms with Crippen LogP contribution in [0.2, 0.25) is 0 Å². The molecule has 2 aromatic rings. The van der Waals surface area contributed by atoms with Gasteiger partial charge in [0.05, 0.1) is 11.3 Å². The Hall–Kier alpha value is -1.95. The monoisotopic (exact) mass is 277 g/mol. The number of pyridine rings is 1. The predicted molar refractivity (Wildman–Crippen MR) is 75.3 cm³/mol. The first-order valence-corrected chi connectivity index (χ1v) is 6.90. The fraction of sp³-hybridized carbons (Fsp3) is 0.308. The lowest BCUT2D eigenvalue weighted by molar-refractivity contribution is 0.0696. The number of anilines is 2. The molecule has 0 aliphatic rings. The summed E-state index contributed by atoms with van der Waals surface area (Å²) in [7, 11) is 0. The van der Waals surface area contributed by atoms with Crippen LogP contribution in [0, 0.1) is 6.92 Å². The van der Waals surface area contributed by atoms with E-state index in [1.165, 1.54) is 17.4 Å². The Labute approximate surface area is 115 Å². The maximum Gasteiger partial charge on any atom is 0.335 e. The van der Waals surface area contributed by atoms with E-state index in [1.807, 2.05) is 19.2 Å². The molecule has 0 unspecified atom stereocenters. The van der Waals surface area contributed by atoms with Crippen molar-refractivity contribution in [1.29, 1.82) is 0 Å². The topological polar surface area (TPSA) is 75.1 Å². The number of hydrogen-bond acceptors (Lipinski definition) is 5. The van der Waals surface area contributed by atoms with Crippen molar-refractivity contribution in [1.82, 2.24) is 9.97 Å². The smallest absolute Gasteiger partial charge is 0.335 e. The average molecular weight is 277 g/mol. The Morgan fingerprint density at radius 2 is 2.21 bits per heavy atom. The molecule has 2 N–H and O–H groups in total. The summed E-state index contributed by atoms with van der Waals surface area (Å²) < 4.78 is 0. The normalized spacial score (nSPS) is 10.4. The van der Waals surface area contributed by atoms with Gasteiger partial charge >= 0.3 is 5.97 Å². The highest BCUT2D eigenvalue weighted by atomic mass is 32.1. The van der Waals surface area contributed by atoms with E-state index in [2.05, 4.69) is 15.3 Å². The Balaban J connectivity index is 2.30. The molecular weight excluding hydrogens is 262 g/mol. The molecule has 100 valence electrons. The van der Waals surface area contributed by atoms with Crippen molar-refractivity contribution < 1.29 is 9.90 Å². The summed E-state index contributed by atoms with van der Waals surface area (Å²) in [6, 6.07) is 3.14. The molecule has 5 nitrogen and oxygen atoms in total. The first-order chi connectivity index (χ1) is 9.08. The molecule has 0 amide bonds. The van der Waals surface area contributed by atoms with Gasteiger partial charge in [-0.15, -0.1) is 11.3 Å². The molecule has 0 aliphatic heterocycles. The number of aromatic nitrogens is 2. The van der Waals surface area contributed by atoms with Crippen LogP contribution in [-0.4, -0.2) is 21.0 Å². The lowest BCUT2D eigenvalue weighted by atomic mass is 10.1. The molecule has 0 saturated heterocycles. The SMILES string of the molecule is CCCc1cc(C(=O)O)cc(Nc2nc(C)cs2)n1. The molecule has 0 bridgehead atoms. The summed E-state index contributed by atoms with van der Waals surface area (Å²) in [4.78, 5) is 19.8. The molecule has 6 heteroatoms. The Morgan fingerprint density at radius 1 is 1.42 bits per heavy atom. The van der Waals surface area contributed by atoms with Crippen LogP contribution in [0.3, 0.4) is 0 Å². The highest BCUT2D eigenvalue weighted by Gasteiger charge is 2.09. The van der Waals surface area contributed by atoms with Gasteiger partial charge in [-0.25, -0.2) is 14.8 Å². The van der Waals surface area contributed by atoms with Gasteiger partial charge in [-0.2, -0.15) is 0 Å². The molecule has 0 fully saturated rings. The quantitative estimate of drug-likeness (QED) is 0.877. The lowest BCUT2D eigenvalue weighted by Crippen LogP contribution is -2.03. The van der Waals surface area contributed by atoms with Crippen LogP contribution in [0.1, 0.15) is 35.1 Å². The minimum atomic E-state index is -0.946. The average Bonchev–Trinajstić information content (AvgIpc) is 2.75. The molecule has 0 aromatic carbocycles. The van der Waals surface area contributed by atoms with Crippen molar-refractivity contribution in [2.24, 2.45) is 0 Å². The Kier molecular flexibility index (Phi) is 4.11. The van der Waals surface area contributed by atoms with Crippen LogP contribution in [0.15, 0.2) is 17.5 Å². The number of rotatable bonds is 5. The largest absolute Gasteiger partial charge is 0.478 e. The summed E-state index contributed by atoms with van der Waals surface area (Å²) in [5.74, 6) is -0.421. The van der Waals surface area contributed by atoms with E-state index in [4.69, 9.17) is 5.11 Å². The Bertz CT molecular complexity index is 595. The highest BCUT2D eigenvalue weighted by Crippen LogP contribution is 2.21. The molecule has 0 radical (unpaired) electrons. The van der Waals surface area contributed by atoms with Crippen molar-refractivity contribution in [2.75, 3.05) is 5.32 Å². The standard InChI is InChI=1S/C13H15N3O2S/c1-3-4-10-5-9(12(17)18)6-11(15-10)16-13-14-8(2)7-19-13/h5-7H,3-4H2,1-2H3,(H,17,18)(H,14,15,16). The number of carbonyl (C=O) groups is 1. The number of nitrogens with one attached hydrogen (secondary N) is 1. The van der Waals surface area contributed by atoms with Crippen molar-refractivity contribution >= 4 is 28.3 Å². The number of nitrogens with zero attached hydrogens (tertiary/aromatic N) is 2. The molecule has 2 rings (SSSR count). The second kappa shape index (κ2) is 5.79. The van der Waals surface area contributed by atoms with Crippen LogP contribution in [-0.2, 0) is 6.42 Å². The van der Waals surface area contributed by atoms with Crippen molar-refractivity contribution in [3.8, 4) is 0 Å². The minimum absolute atomic E-state index is 0.245. The number of aryl methyl sites for hydroxylation is 2. The van der Waals surface area contributed by atoms with E-state index in [0.29, 0.717) is 5.82 Å². The summed E-state index contributed by atoms with van der Waals surface area (Å²) >= 11 is 1.47. The van der Waals surface area contributed by atoms with Gasteiger partial charge in [-0.3, -0.25) is 0 Å². The third-order valence-electron chi connectivity index (χ3n) is 2.49. The zero-order valence-electron chi connectivity index (χ0n) is 10.8. The second-order valence-corrected chi connectivity index (χ2v) is 5.06. The van der Waals surface area contributed by atoms with Crippen LogP contribution < -0.4 is 5.32 Å². The van der Waals surface area contributed by atoms with Gasteiger partial charge in [0.1, 0.15) is 5.82 Å². The number of carboxylic acid groups (broad SMARTS) is 1. The zero-order valence-corrected chi connectivity index (χ0v) is 11.6. The summed E-state index contributed by atoms with van der Waals surface area (Å²) in [6.45, 7) is 3.94. The third-order valence-corrected chi connectivity index (χ3v) is 3.36. The van der Waals surface area contributed by atoms with Crippen molar-refractivity contribution in [2.45, 2.75) is 26.7 Å². The maximum atomic E-state index is 11.1. The second-order valence-electron chi connectivity index (χ2n) is 4.21.